The smallest absolute Gasteiger partial charge is 0.210 e. The Morgan fingerprint density at radius 3 is 2.79 bits per heavy atom. The van der Waals surface area contributed by atoms with E-state index < -0.39 is 0 Å². The molecule has 100 valence electrons. The van der Waals surface area contributed by atoms with Crippen LogP contribution in [0.1, 0.15) is 5.56 Å². The number of nitrogens with zero attached hydrogens (tertiary/aromatic N) is 3. The molecule has 0 unspecified atom stereocenters. The first-order valence-corrected chi connectivity index (χ1v) is 6.08. The highest BCUT2D eigenvalue weighted by molar-refractivity contribution is 5.93. The van der Waals surface area contributed by atoms with Gasteiger partial charge in [-0.2, -0.15) is 5.10 Å². The number of nitrogens with two attached hydrogens (primary N) is 1. The van der Waals surface area contributed by atoms with Crippen molar-refractivity contribution in [2.24, 2.45) is 17.9 Å². The predicted molar refractivity (Wildman–Crippen MR) is 76.6 cm³/mol. The van der Waals surface area contributed by atoms with E-state index in [9.17, 15) is 0 Å². The lowest BCUT2D eigenvalue weighted by Crippen LogP contribution is -2.36. The van der Waals surface area contributed by atoms with Crippen molar-refractivity contribution in [1.82, 2.24) is 15.2 Å². The number of guanidine groups is 1. The monoisotopic (exact) mass is 258 g/mol. The van der Waals surface area contributed by atoms with Crippen molar-refractivity contribution in [2.45, 2.75) is 6.42 Å². The van der Waals surface area contributed by atoms with E-state index in [2.05, 4.69) is 20.8 Å². The van der Waals surface area contributed by atoms with Gasteiger partial charge in [0.05, 0.1) is 6.20 Å². The van der Waals surface area contributed by atoms with E-state index in [-0.39, 0.29) is 0 Å². The Balaban J connectivity index is 1.88. The summed E-state index contributed by atoms with van der Waals surface area (Å²) in [5, 5.41) is 7.23. The van der Waals surface area contributed by atoms with Crippen molar-refractivity contribution < 1.29 is 0 Å². The van der Waals surface area contributed by atoms with Gasteiger partial charge >= 0.3 is 0 Å². The summed E-state index contributed by atoms with van der Waals surface area (Å²) >= 11 is 0. The molecule has 0 amide bonds. The lowest BCUT2D eigenvalue weighted by molar-refractivity contribution is 0.766. The minimum atomic E-state index is 0.551. The fraction of sp³-hybridized carbons (Fsp3) is 0.231. The maximum absolute atomic E-state index is 5.44. The molecule has 2 aromatic rings. The number of hydrazine groups is 1. The molecule has 1 aromatic carbocycles. The number of hydrogen-bond donors (Lipinski definition) is 3. The van der Waals surface area contributed by atoms with Gasteiger partial charge in [0.1, 0.15) is 0 Å². The van der Waals surface area contributed by atoms with Gasteiger partial charge in [0.2, 0.25) is 5.96 Å². The summed E-state index contributed by atoms with van der Waals surface area (Å²) in [6.45, 7) is 0.644. The van der Waals surface area contributed by atoms with Crippen LogP contribution in [-0.4, -0.2) is 22.3 Å². The molecule has 4 N–H and O–H groups in total. The van der Waals surface area contributed by atoms with Gasteiger partial charge in [-0.05, 0) is 24.1 Å². The van der Waals surface area contributed by atoms with Crippen LogP contribution in [0.5, 0.6) is 0 Å². The van der Waals surface area contributed by atoms with Crippen LogP contribution in [0.2, 0.25) is 0 Å². The van der Waals surface area contributed by atoms with Crippen LogP contribution in [0.4, 0.5) is 5.69 Å². The molecule has 19 heavy (non-hydrogen) atoms. The molecule has 0 aliphatic rings. The first kappa shape index (κ1) is 13.1. The Bertz CT molecular complexity index is 531. The first-order chi connectivity index (χ1) is 9.28. The molecule has 0 atom stereocenters. The van der Waals surface area contributed by atoms with Crippen LogP contribution in [0.15, 0.2) is 47.7 Å². The Hall–Kier alpha value is -2.34. The molecule has 0 aliphatic heterocycles. The second-order valence-corrected chi connectivity index (χ2v) is 4.14. The summed E-state index contributed by atoms with van der Waals surface area (Å²) in [4.78, 5) is 4.37. The molecular weight excluding hydrogens is 240 g/mol. The van der Waals surface area contributed by atoms with Crippen molar-refractivity contribution in [3.8, 4) is 0 Å². The quantitative estimate of drug-likeness (QED) is 0.329. The van der Waals surface area contributed by atoms with Gasteiger partial charge in [-0.25, -0.2) is 5.84 Å². The van der Waals surface area contributed by atoms with E-state index in [0.717, 1.165) is 17.7 Å². The topological polar surface area (TPSA) is 80.3 Å². The van der Waals surface area contributed by atoms with Crippen molar-refractivity contribution >= 4 is 11.6 Å². The number of aromatic nitrogens is 2. The van der Waals surface area contributed by atoms with Gasteiger partial charge in [0.15, 0.2) is 0 Å². The second kappa shape index (κ2) is 6.55. The van der Waals surface area contributed by atoms with Gasteiger partial charge in [0, 0.05) is 25.5 Å². The van der Waals surface area contributed by atoms with Gasteiger partial charge in [-0.15, -0.1) is 0 Å². The Morgan fingerprint density at radius 2 is 2.16 bits per heavy atom. The number of anilines is 1. The largest absolute Gasteiger partial charge is 0.325 e. The maximum atomic E-state index is 5.44. The van der Waals surface area contributed by atoms with Crippen LogP contribution in [-0.2, 0) is 13.5 Å². The minimum absolute atomic E-state index is 0.551. The van der Waals surface area contributed by atoms with Gasteiger partial charge in [-0.3, -0.25) is 15.1 Å². The molecule has 0 saturated carbocycles. The number of rotatable bonds is 4. The highest BCUT2D eigenvalue weighted by atomic mass is 15.3. The molecule has 6 heteroatoms. The molecule has 0 fully saturated rings. The van der Waals surface area contributed by atoms with Crippen molar-refractivity contribution in [3.05, 3.63) is 48.3 Å². The van der Waals surface area contributed by atoms with E-state index in [1.807, 2.05) is 49.8 Å². The molecular formula is C13H18N6. The Labute approximate surface area is 112 Å². The SMILES string of the molecule is Cn1cc(CCN=C(NN)Nc2ccccc2)cn1. The van der Waals surface area contributed by atoms with E-state index in [1.54, 1.807) is 4.68 Å². The molecule has 0 aliphatic carbocycles. The van der Waals surface area contributed by atoms with Crippen molar-refractivity contribution in [1.29, 1.82) is 0 Å². The molecule has 1 heterocycles. The first-order valence-electron chi connectivity index (χ1n) is 6.08. The summed E-state index contributed by atoms with van der Waals surface area (Å²) in [7, 11) is 1.90. The predicted octanol–water partition coefficient (Wildman–Crippen LogP) is 0.894. The van der Waals surface area contributed by atoms with E-state index in [0.29, 0.717) is 12.5 Å². The third-order valence-electron chi connectivity index (χ3n) is 2.60. The summed E-state index contributed by atoms with van der Waals surface area (Å²) < 4.78 is 1.78. The normalized spacial score (nSPS) is 11.4. The number of benzene rings is 1. The molecule has 0 radical (unpaired) electrons. The number of hydrogen-bond acceptors (Lipinski definition) is 3. The van der Waals surface area contributed by atoms with Crippen LogP contribution in [0.25, 0.3) is 0 Å². The molecule has 0 saturated heterocycles. The Morgan fingerprint density at radius 1 is 1.37 bits per heavy atom. The average Bonchev–Trinajstić information content (AvgIpc) is 2.84. The molecule has 0 bridgehead atoms. The highest BCUT2D eigenvalue weighted by Gasteiger charge is 1.98. The van der Waals surface area contributed by atoms with E-state index in [1.165, 1.54) is 0 Å². The fourth-order valence-corrected chi connectivity index (χ4v) is 1.68. The van der Waals surface area contributed by atoms with Crippen LogP contribution in [0.3, 0.4) is 0 Å². The highest BCUT2D eigenvalue weighted by Crippen LogP contribution is 2.04. The molecule has 1 aromatic heterocycles. The lowest BCUT2D eigenvalue weighted by Gasteiger charge is -2.08. The number of nitrogens with one attached hydrogen (secondary N) is 2. The van der Waals surface area contributed by atoms with Crippen LogP contribution in [0, 0.1) is 0 Å². The fourth-order valence-electron chi connectivity index (χ4n) is 1.68. The second-order valence-electron chi connectivity index (χ2n) is 4.14. The average molecular weight is 258 g/mol. The van der Waals surface area contributed by atoms with E-state index in [4.69, 9.17) is 5.84 Å². The third kappa shape index (κ3) is 4.11. The zero-order chi connectivity index (χ0) is 13.5. The zero-order valence-electron chi connectivity index (χ0n) is 10.9. The molecule has 6 nitrogen and oxygen atoms in total. The lowest BCUT2D eigenvalue weighted by atomic mass is 10.3. The van der Waals surface area contributed by atoms with Crippen LogP contribution >= 0.6 is 0 Å². The number of para-hydroxylation sites is 1. The molecule has 0 spiro atoms. The summed E-state index contributed by atoms with van der Waals surface area (Å²) in [6, 6.07) is 9.76. The third-order valence-corrected chi connectivity index (χ3v) is 2.60. The van der Waals surface area contributed by atoms with E-state index >= 15 is 0 Å². The maximum Gasteiger partial charge on any atom is 0.210 e. The van der Waals surface area contributed by atoms with Gasteiger partial charge < -0.3 is 5.32 Å². The van der Waals surface area contributed by atoms with Gasteiger partial charge in [0.25, 0.3) is 0 Å². The van der Waals surface area contributed by atoms with Crippen molar-refractivity contribution in [3.63, 3.8) is 0 Å². The number of aliphatic imine (C=N–C) groups is 1. The Kier molecular flexibility index (Phi) is 4.52. The van der Waals surface area contributed by atoms with Crippen molar-refractivity contribution in [2.75, 3.05) is 11.9 Å². The summed E-state index contributed by atoms with van der Waals surface area (Å²) in [5.74, 6) is 6.00. The summed E-state index contributed by atoms with van der Waals surface area (Å²) in [5.41, 5.74) is 4.66. The summed E-state index contributed by atoms with van der Waals surface area (Å²) in [6.07, 6.45) is 4.65. The zero-order valence-corrected chi connectivity index (χ0v) is 10.9. The standard InChI is InChI=1S/C13H18N6/c1-19-10-11(9-16-19)7-8-15-13(18-14)17-12-5-3-2-4-6-12/h2-6,9-10H,7-8,14H2,1H3,(H2,15,17,18). The van der Waals surface area contributed by atoms with Crippen LogP contribution < -0.4 is 16.6 Å². The number of aryl methyl sites for hydroxylation is 1. The minimum Gasteiger partial charge on any atom is -0.325 e. The van der Waals surface area contributed by atoms with Gasteiger partial charge in [-0.1, -0.05) is 18.2 Å². The molecule has 2 rings (SSSR count).